The van der Waals surface area contributed by atoms with Gasteiger partial charge in [0.2, 0.25) is 6.23 Å². The van der Waals surface area contributed by atoms with Crippen molar-refractivity contribution in [2.75, 3.05) is 0 Å². The highest BCUT2D eigenvalue weighted by Gasteiger charge is 2.56. The minimum Gasteiger partial charge on any atom is -0.454 e. The van der Waals surface area contributed by atoms with Gasteiger partial charge >= 0.3 is 17.9 Å². The second kappa shape index (κ2) is 4.20. The van der Waals surface area contributed by atoms with Crippen molar-refractivity contribution in [1.29, 1.82) is 0 Å². The summed E-state index contributed by atoms with van der Waals surface area (Å²) < 4.78 is 15.5. The van der Waals surface area contributed by atoms with Crippen molar-refractivity contribution < 1.29 is 33.7 Å². The lowest BCUT2D eigenvalue weighted by atomic mass is 9.84. The van der Waals surface area contributed by atoms with Crippen molar-refractivity contribution in [3.63, 3.8) is 0 Å². The molecule has 2 bridgehead atoms. The third-order valence-electron chi connectivity index (χ3n) is 3.76. The van der Waals surface area contributed by atoms with E-state index in [-0.39, 0.29) is 0 Å². The van der Waals surface area contributed by atoms with Gasteiger partial charge in [0.25, 0.3) is 0 Å². The largest absolute Gasteiger partial charge is 0.454 e. The molecule has 8 heteroatoms. The molecule has 0 aliphatic carbocycles. The zero-order valence-corrected chi connectivity index (χ0v) is 10.6. The van der Waals surface area contributed by atoms with Gasteiger partial charge in [0.05, 0.1) is 12.3 Å². The van der Waals surface area contributed by atoms with Crippen molar-refractivity contribution in [2.24, 2.45) is 5.92 Å². The molecular formula is C12H13NO7. The normalized spacial score (nSPS) is 43.2. The number of rotatable bonds is 0. The molecule has 2 N–H and O–H groups in total. The van der Waals surface area contributed by atoms with E-state index in [1.54, 1.807) is 0 Å². The number of aliphatic hydroxyl groups is 1. The molecule has 3 heterocycles. The van der Waals surface area contributed by atoms with Crippen LogP contribution >= 0.6 is 0 Å². The molecule has 5 unspecified atom stereocenters. The lowest BCUT2D eigenvalue weighted by Crippen LogP contribution is -2.63. The molecule has 3 aliphatic rings. The quantitative estimate of drug-likeness (QED) is 0.411. The molecule has 0 radical (unpaired) electrons. The Morgan fingerprint density at radius 2 is 2.05 bits per heavy atom. The van der Waals surface area contributed by atoms with Crippen LogP contribution in [0.3, 0.4) is 0 Å². The molecule has 5 atom stereocenters. The third-order valence-corrected chi connectivity index (χ3v) is 3.76. The predicted molar refractivity (Wildman–Crippen MR) is 60.6 cm³/mol. The number of ether oxygens (including phenoxy) is 3. The van der Waals surface area contributed by atoms with Crippen LogP contribution in [0.1, 0.15) is 13.3 Å². The van der Waals surface area contributed by atoms with E-state index in [0.29, 0.717) is 0 Å². The number of nitrogens with one attached hydrogen (secondary N) is 1. The Morgan fingerprint density at radius 1 is 1.30 bits per heavy atom. The smallest absolute Gasteiger partial charge is 0.340 e. The number of esters is 3. The molecule has 0 aromatic carbocycles. The van der Waals surface area contributed by atoms with Crippen LogP contribution in [0, 0.1) is 5.92 Å². The van der Waals surface area contributed by atoms with Gasteiger partial charge < -0.3 is 24.6 Å². The van der Waals surface area contributed by atoms with Gasteiger partial charge in [0.1, 0.15) is 0 Å². The predicted octanol–water partition coefficient (Wildman–Crippen LogP) is -1.42. The topological polar surface area (TPSA) is 111 Å². The van der Waals surface area contributed by atoms with Crippen LogP contribution in [0.15, 0.2) is 12.3 Å². The highest BCUT2D eigenvalue weighted by Crippen LogP contribution is 2.33. The zero-order valence-electron chi connectivity index (χ0n) is 10.6. The molecule has 20 heavy (non-hydrogen) atoms. The lowest BCUT2D eigenvalue weighted by Gasteiger charge is -2.42. The first-order valence-corrected chi connectivity index (χ1v) is 6.18. The minimum atomic E-state index is -2.27. The van der Waals surface area contributed by atoms with Crippen LogP contribution < -0.4 is 5.32 Å². The van der Waals surface area contributed by atoms with E-state index in [0.717, 1.165) is 0 Å². The van der Waals surface area contributed by atoms with Crippen LogP contribution in [0.5, 0.6) is 0 Å². The summed E-state index contributed by atoms with van der Waals surface area (Å²) in [4.78, 5) is 35.9. The molecule has 0 amide bonds. The number of hydrogen-bond donors (Lipinski definition) is 2. The average Bonchev–Trinajstić information content (AvgIpc) is 2.38. The van der Waals surface area contributed by atoms with Crippen molar-refractivity contribution >= 4 is 17.9 Å². The maximum atomic E-state index is 12.1. The summed E-state index contributed by atoms with van der Waals surface area (Å²) >= 11 is 0. The van der Waals surface area contributed by atoms with Crippen molar-refractivity contribution in [3.8, 4) is 0 Å². The Hall–Kier alpha value is -2.09. The molecule has 2 fully saturated rings. The Morgan fingerprint density at radius 3 is 2.80 bits per heavy atom. The third kappa shape index (κ3) is 1.75. The fourth-order valence-corrected chi connectivity index (χ4v) is 2.42. The molecule has 3 rings (SSSR count). The summed E-state index contributed by atoms with van der Waals surface area (Å²) in [5.41, 5.74) is -2.27. The van der Waals surface area contributed by atoms with Crippen LogP contribution in [0.25, 0.3) is 0 Å². The SMILES string of the molecule is CC1C(=O)OC2NC=CC3OC(=O)CC1(O)C(=O)OC32. The summed E-state index contributed by atoms with van der Waals surface area (Å²) in [7, 11) is 0. The van der Waals surface area contributed by atoms with Crippen LogP contribution in [-0.2, 0) is 28.6 Å². The van der Waals surface area contributed by atoms with Crippen LogP contribution in [0.4, 0.5) is 0 Å². The molecular weight excluding hydrogens is 270 g/mol. The number of carbonyl (C=O) groups is 3. The monoisotopic (exact) mass is 283 g/mol. The maximum Gasteiger partial charge on any atom is 0.340 e. The number of fused-ring (bicyclic) bond motifs is 2. The summed E-state index contributed by atoms with van der Waals surface area (Å²) in [6.45, 7) is 1.30. The van der Waals surface area contributed by atoms with Gasteiger partial charge in [-0.05, 0) is 19.2 Å². The van der Waals surface area contributed by atoms with Crippen molar-refractivity contribution in [3.05, 3.63) is 12.3 Å². The minimum absolute atomic E-state index is 0.656. The van der Waals surface area contributed by atoms with Gasteiger partial charge in [-0.25, -0.2) is 4.79 Å². The molecule has 0 spiro atoms. The molecule has 2 saturated heterocycles. The van der Waals surface area contributed by atoms with E-state index in [2.05, 4.69) is 5.32 Å². The molecule has 3 aliphatic heterocycles. The fraction of sp³-hybridized carbons (Fsp3) is 0.583. The van der Waals surface area contributed by atoms with Gasteiger partial charge in [0, 0.05) is 0 Å². The maximum absolute atomic E-state index is 12.1. The molecule has 108 valence electrons. The lowest BCUT2D eigenvalue weighted by molar-refractivity contribution is -0.226. The van der Waals surface area contributed by atoms with Crippen LogP contribution in [-0.4, -0.2) is 47.1 Å². The summed E-state index contributed by atoms with van der Waals surface area (Å²) in [6, 6.07) is 0. The Bertz CT molecular complexity index is 516. The number of carbonyl (C=O) groups excluding carboxylic acids is 3. The molecule has 8 nitrogen and oxygen atoms in total. The van der Waals surface area contributed by atoms with E-state index in [1.165, 1.54) is 19.2 Å². The second-order valence-corrected chi connectivity index (χ2v) is 5.03. The second-order valence-electron chi connectivity index (χ2n) is 5.03. The molecule has 0 saturated carbocycles. The Balaban J connectivity index is 2.09. The van der Waals surface area contributed by atoms with Gasteiger partial charge in [0.15, 0.2) is 17.8 Å². The first-order valence-electron chi connectivity index (χ1n) is 6.18. The first-order chi connectivity index (χ1) is 9.41. The highest BCUT2D eigenvalue weighted by molar-refractivity contribution is 5.92. The van der Waals surface area contributed by atoms with E-state index in [9.17, 15) is 19.5 Å². The zero-order chi connectivity index (χ0) is 14.5. The summed E-state index contributed by atoms with van der Waals surface area (Å²) in [5, 5.41) is 13.1. The highest BCUT2D eigenvalue weighted by atomic mass is 16.6. The number of hydrogen-bond acceptors (Lipinski definition) is 8. The van der Waals surface area contributed by atoms with E-state index in [4.69, 9.17) is 14.2 Å². The van der Waals surface area contributed by atoms with Gasteiger partial charge in [-0.15, -0.1) is 0 Å². The van der Waals surface area contributed by atoms with Gasteiger partial charge in [-0.1, -0.05) is 0 Å². The van der Waals surface area contributed by atoms with Crippen molar-refractivity contribution in [2.45, 2.75) is 37.4 Å². The molecule has 0 aromatic rings. The summed E-state index contributed by atoms with van der Waals surface area (Å²) in [5.74, 6) is -3.82. The summed E-state index contributed by atoms with van der Waals surface area (Å²) in [6.07, 6.45) is -0.560. The Kier molecular flexibility index (Phi) is 2.72. The van der Waals surface area contributed by atoms with E-state index >= 15 is 0 Å². The van der Waals surface area contributed by atoms with Gasteiger partial charge in [-0.2, -0.15) is 0 Å². The van der Waals surface area contributed by atoms with E-state index < -0.39 is 54.3 Å². The van der Waals surface area contributed by atoms with Crippen molar-refractivity contribution in [1.82, 2.24) is 5.32 Å². The molecule has 0 aromatic heterocycles. The Labute approximate surface area is 113 Å². The van der Waals surface area contributed by atoms with Crippen LogP contribution in [0.2, 0.25) is 0 Å². The average molecular weight is 283 g/mol. The first kappa shape index (κ1) is 12.9. The fourth-order valence-electron chi connectivity index (χ4n) is 2.42. The van der Waals surface area contributed by atoms with Gasteiger partial charge in [-0.3, -0.25) is 9.59 Å². The van der Waals surface area contributed by atoms with E-state index in [1.807, 2.05) is 0 Å². The standard InChI is InChI=1S/C12H13NO7/c1-5-10(15)20-9-8-6(2-3-13-9)18-7(14)4-12(5,17)11(16)19-8/h2-3,5-6,8-9,13,17H,4H2,1H3.